The molecular formula is C27H29N3O5S. The lowest BCUT2D eigenvalue weighted by molar-refractivity contribution is -0.245. The lowest BCUT2D eigenvalue weighted by Crippen LogP contribution is -2.31. The van der Waals surface area contributed by atoms with Gasteiger partial charge in [-0.15, -0.1) is 0 Å². The van der Waals surface area contributed by atoms with Gasteiger partial charge in [-0.2, -0.15) is 0 Å². The Morgan fingerprint density at radius 3 is 2.47 bits per heavy atom. The van der Waals surface area contributed by atoms with Crippen molar-refractivity contribution >= 4 is 17.9 Å². The highest BCUT2D eigenvalue weighted by Gasteiger charge is 2.32. The summed E-state index contributed by atoms with van der Waals surface area (Å²) in [4.78, 5) is 20.2. The molecule has 0 unspecified atom stereocenters. The molecule has 0 spiro atoms. The first kappa shape index (κ1) is 25.8. The van der Waals surface area contributed by atoms with E-state index < -0.39 is 12.4 Å². The molecule has 0 saturated carbocycles. The van der Waals surface area contributed by atoms with Crippen molar-refractivity contribution in [1.82, 2.24) is 15.3 Å². The Morgan fingerprint density at radius 1 is 1.08 bits per heavy atom. The lowest BCUT2D eigenvalue weighted by Gasteiger charge is -2.36. The molecule has 0 radical (unpaired) electrons. The summed E-state index contributed by atoms with van der Waals surface area (Å²) in [5.41, 5.74) is 3.70. The van der Waals surface area contributed by atoms with Gasteiger partial charge in [0, 0.05) is 36.7 Å². The average Bonchev–Trinajstić information content (AvgIpc) is 2.94. The topological polar surface area (TPSA) is 103 Å². The summed E-state index contributed by atoms with van der Waals surface area (Å²) in [5, 5.41) is 12.8. The van der Waals surface area contributed by atoms with Crippen molar-refractivity contribution < 1.29 is 24.1 Å². The maximum Gasteiger partial charge on any atom is 0.407 e. The first-order valence-corrected chi connectivity index (χ1v) is 12.6. The number of hydrogen-bond acceptors (Lipinski definition) is 8. The van der Waals surface area contributed by atoms with Gasteiger partial charge in [0.15, 0.2) is 11.4 Å². The van der Waals surface area contributed by atoms with E-state index >= 15 is 0 Å². The minimum absolute atomic E-state index is 0.00106. The van der Waals surface area contributed by atoms with Gasteiger partial charge in [0.2, 0.25) is 0 Å². The van der Waals surface area contributed by atoms with Gasteiger partial charge in [0.1, 0.15) is 6.61 Å². The van der Waals surface area contributed by atoms with E-state index in [9.17, 15) is 9.90 Å². The minimum atomic E-state index is -0.553. The highest BCUT2D eigenvalue weighted by molar-refractivity contribution is 7.99. The lowest BCUT2D eigenvalue weighted by atomic mass is 10.0. The number of carbonyl (C=O) groups is 1. The zero-order valence-corrected chi connectivity index (χ0v) is 20.6. The number of carbonyl (C=O) groups excluding carboxylic acids is 1. The van der Waals surface area contributed by atoms with E-state index in [1.807, 2.05) is 48.5 Å². The van der Waals surface area contributed by atoms with E-state index in [1.165, 1.54) is 6.08 Å². The summed E-state index contributed by atoms with van der Waals surface area (Å²) in [6.45, 7) is 4.04. The molecule has 2 N–H and O–H groups in total. The normalized spacial score (nSPS) is 19.4. The number of nitrogens with zero attached hydrogens (tertiary/aromatic N) is 2. The number of thioether (sulfide) groups is 1. The highest BCUT2D eigenvalue weighted by Crippen LogP contribution is 2.39. The third kappa shape index (κ3) is 7.38. The van der Waals surface area contributed by atoms with Crippen LogP contribution in [-0.2, 0) is 27.4 Å². The Labute approximate surface area is 214 Å². The fraction of sp³-hybridized carbons (Fsp3) is 0.296. The second-order valence-corrected chi connectivity index (χ2v) is 9.16. The number of aliphatic hydroxyl groups is 1. The standard InChI is InChI=1S/C27H29N3O5S/c1-2-14-33-27(32)30-16-19-4-10-22(11-5-19)25-34-23(18-36-26-28-12-3-13-29-26)15-24(35-25)21-8-6-20(17-31)7-9-21/h2-13,23-25,31H,1,14-18H2,(H,30,32)/t23-,24+,25+/m1/s1. The maximum absolute atomic E-state index is 11.7. The molecule has 2 aromatic carbocycles. The fourth-order valence-corrected chi connectivity index (χ4v) is 4.52. The summed E-state index contributed by atoms with van der Waals surface area (Å²) in [6, 6.07) is 17.3. The Morgan fingerprint density at radius 2 is 1.78 bits per heavy atom. The van der Waals surface area contributed by atoms with E-state index in [0.29, 0.717) is 23.9 Å². The van der Waals surface area contributed by atoms with E-state index in [1.54, 1.807) is 30.2 Å². The van der Waals surface area contributed by atoms with Gasteiger partial charge >= 0.3 is 6.09 Å². The molecule has 0 bridgehead atoms. The quantitative estimate of drug-likeness (QED) is 0.231. The predicted octanol–water partition coefficient (Wildman–Crippen LogP) is 4.72. The van der Waals surface area contributed by atoms with Gasteiger partial charge in [-0.25, -0.2) is 14.8 Å². The molecule has 188 valence electrons. The number of hydrogen-bond donors (Lipinski definition) is 2. The average molecular weight is 508 g/mol. The summed E-state index contributed by atoms with van der Waals surface area (Å²) < 4.78 is 17.6. The van der Waals surface area contributed by atoms with Crippen LogP contribution in [0.4, 0.5) is 4.79 Å². The van der Waals surface area contributed by atoms with Crippen LogP contribution >= 0.6 is 11.8 Å². The second-order valence-electron chi connectivity index (χ2n) is 8.17. The molecule has 36 heavy (non-hydrogen) atoms. The molecule has 1 aromatic heterocycles. The monoisotopic (exact) mass is 507 g/mol. The molecule has 9 heteroatoms. The van der Waals surface area contributed by atoms with Crippen LogP contribution < -0.4 is 5.32 Å². The number of alkyl carbamates (subject to hydrolysis) is 1. The second kappa shape index (κ2) is 13.2. The Kier molecular flexibility index (Phi) is 9.46. The number of aliphatic hydroxyl groups excluding tert-OH is 1. The van der Waals surface area contributed by atoms with E-state index in [-0.39, 0.29) is 25.4 Å². The smallest absolute Gasteiger partial charge is 0.407 e. The number of aromatic nitrogens is 2. The summed E-state index contributed by atoms with van der Waals surface area (Å²) in [5.74, 6) is 0.684. The molecule has 1 amide bonds. The van der Waals surface area contributed by atoms with Crippen LogP contribution in [0.2, 0.25) is 0 Å². The summed E-state index contributed by atoms with van der Waals surface area (Å²) >= 11 is 1.55. The first-order chi connectivity index (χ1) is 17.6. The van der Waals surface area contributed by atoms with Crippen LogP contribution in [0.15, 0.2) is 84.8 Å². The first-order valence-electron chi connectivity index (χ1n) is 11.7. The molecule has 1 aliphatic heterocycles. The van der Waals surface area contributed by atoms with Crippen molar-refractivity contribution in [3.05, 3.63) is 102 Å². The van der Waals surface area contributed by atoms with Gasteiger partial charge in [-0.3, -0.25) is 0 Å². The fourth-order valence-electron chi connectivity index (χ4n) is 3.70. The maximum atomic E-state index is 11.7. The van der Waals surface area contributed by atoms with Crippen molar-refractivity contribution in [3.8, 4) is 0 Å². The minimum Gasteiger partial charge on any atom is -0.445 e. The summed E-state index contributed by atoms with van der Waals surface area (Å²) in [7, 11) is 0. The van der Waals surface area contributed by atoms with Crippen molar-refractivity contribution in [3.63, 3.8) is 0 Å². The van der Waals surface area contributed by atoms with E-state index in [2.05, 4.69) is 21.9 Å². The third-order valence-electron chi connectivity index (χ3n) is 5.58. The molecule has 1 fully saturated rings. The van der Waals surface area contributed by atoms with Gasteiger partial charge in [0.25, 0.3) is 0 Å². The Hall–Kier alpha value is -3.24. The SMILES string of the molecule is C=CCOC(=O)NCc1ccc([C@H]2O[C@@H](CSc3ncccn3)C[C@@H](c3ccc(CO)cc3)O2)cc1. The van der Waals surface area contributed by atoms with Gasteiger partial charge in [-0.05, 0) is 22.8 Å². The van der Waals surface area contributed by atoms with Crippen LogP contribution in [0.1, 0.15) is 41.1 Å². The van der Waals surface area contributed by atoms with Crippen LogP contribution in [0.25, 0.3) is 0 Å². The molecule has 1 aliphatic rings. The summed E-state index contributed by atoms with van der Waals surface area (Å²) in [6.07, 6.45) is 4.36. The number of rotatable bonds is 10. The molecule has 0 aliphatic carbocycles. The number of nitrogens with one attached hydrogen (secondary N) is 1. The zero-order chi connectivity index (χ0) is 25.2. The molecule has 1 saturated heterocycles. The van der Waals surface area contributed by atoms with Crippen molar-refractivity contribution in [1.29, 1.82) is 0 Å². The van der Waals surface area contributed by atoms with Crippen LogP contribution in [0.5, 0.6) is 0 Å². The highest BCUT2D eigenvalue weighted by atomic mass is 32.2. The van der Waals surface area contributed by atoms with Gasteiger partial charge in [-0.1, -0.05) is 72.9 Å². The van der Waals surface area contributed by atoms with E-state index in [4.69, 9.17) is 14.2 Å². The van der Waals surface area contributed by atoms with Gasteiger partial charge in [0.05, 0.1) is 18.8 Å². The third-order valence-corrected chi connectivity index (χ3v) is 6.58. The Balaban J connectivity index is 1.44. The Bertz CT molecular complexity index is 1110. The van der Waals surface area contributed by atoms with Crippen LogP contribution in [0, 0.1) is 0 Å². The zero-order valence-electron chi connectivity index (χ0n) is 19.8. The predicted molar refractivity (Wildman–Crippen MR) is 136 cm³/mol. The molecule has 4 rings (SSSR count). The number of ether oxygens (including phenoxy) is 3. The molecule has 8 nitrogen and oxygen atoms in total. The molecular weight excluding hydrogens is 478 g/mol. The van der Waals surface area contributed by atoms with Crippen LogP contribution in [-0.4, -0.2) is 39.6 Å². The largest absolute Gasteiger partial charge is 0.445 e. The number of amides is 1. The van der Waals surface area contributed by atoms with Crippen molar-refractivity contribution in [2.75, 3.05) is 12.4 Å². The number of benzene rings is 2. The van der Waals surface area contributed by atoms with E-state index in [0.717, 1.165) is 22.3 Å². The van der Waals surface area contributed by atoms with Crippen molar-refractivity contribution in [2.24, 2.45) is 0 Å². The molecule has 3 atom stereocenters. The van der Waals surface area contributed by atoms with Crippen molar-refractivity contribution in [2.45, 2.75) is 43.2 Å². The molecule has 3 aromatic rings. The molecule has 2 heterocycles. The van der Waals surface area contributed by atoms with Gasteiger partial charge < -0.3 is 24.6 Å². The van der Waals surface area contributed by atoms with Crippen LogP contribution in [0.3, 0.4) is 0 Å².